The average Bonchev–Trinajstić information content (AvgIpc) is 2.72. The van der Waals surface area contributed by atoms with Crippen molar-refractivity contribution in [2.75, 3.05) is 0 Å². The van der Waals surface area contributed by atoms with Crippen LogP contribution in [0.4, 0.5) is 0 Å². The van der Waals surface area contributed by atoms with E-state index in [2.05, 4.69) is 31.0 Å². The number of nitrogens with zero attached hydrogens (tertiary/aromatic N) is 3. The Morgan fingerprint density at radius 1 is 1.42 bits per heavy atom. The Morgan fingerprint density at radius 2 is 2.21 bits per heavy atom. The first-order valence-corrected chi connectivity index (χ1v) is 6.63. The zero-order valence-corrected chi connectivity index (χ0v) is 12.2. The van der Waals surface area contributed by atoms with Gasteiger partial charge >= 0.3 is 0 Å². The van der Waals surface area contributed by atoms with E-state index in [1.807, 2.05) is 25.1 Å². The van der Waals surface area contributed by atoms with Gasteiger partial charge in [0.2, 0.25) is 5.28 Å². The molecule has 0 atom stereocenters. The van der Waals surface area contributed by atoms with E-state index in [1.54, 1.807) is 10.9 Å². The third-order valence-electron chi connectivity index (χ3n) is 2.77. The van der Waals surface area contributed by atoms with Crippen LogP contribution >= 0.6 is 27.5 Å². The molecule has 0 aliphatic rings. The molecule has 3 aromatic rings. The number of H-pyrrole nitrogens is 1. The lowest BCUT2D eigenvalue weighted by Crippen LogP contribution is -2.06. The number of aryl methyl sites for hydroxylation is 1. The maximum absolute atomic E-state index is 11.7. The van der Waals surface area contributed by atoms with Gasteiger partial charge in [-0.05, 0) is 42.3 Å². The number of rotatable bonds is 1. The van der Waals surface area contributed by atoms with Crippen LogP contribution in [0.5, 0.6) is 0 Å². The van der Waals surface area contributed by atoms with Crippen molar-refractivity contribution in [3.63, 3.8) is 0 Å². The predicted molar refractivity (Wildman–Crippen MR) is 76.9 cm³/mol. The SMILES string of the molecule is Cc1cc(Br)ccc1-n1cc2c(=O)[nH]c(Cl)nc2n1. The normalized spacial score (nSPS) is 11.1. The minimum atomic E-state index is -0.295. The Kier molecular flexibility index (Phi) is 2.91. The molecule has 3 rings (SSSR count). The van der Waals surface area contributed by atoms with E-state index >= 15 is 0 Å². The first-order valence-electron chi connectivity index (χ1n) is 5.46. The summed E-state index contributed by atoms with van der Waals surface area (Å²) in [6.45, 7) is 1.97. The summed E-state index contributed by atoms with van der Waals surface area (Å²) in [4.78, 5) is 18.2. The summed E-state index contributed by atoms with van der Waals surface area (Å²) in [7, 11) is 0. The molecule has 19 heavy (non-hydrogen) atoms. The zero-order chi connectivity index (χ0) is 13.6. The summed E-state index contributed by atoms with van der Waals surface area (Å²) in [5, 5.41) is 4.73. The number of hydrogen-bond donors (Lipinski definition) is 1. The van der Waals surface area contributed by atoms with Gasteiger partial charge in [0.25, 0.3) is 5.56 Å². The van der Waals surface area contributed by atoms with Crippen LogP contribution in [-0.2, 0) is 0 Å². The van der Waals surface area contributed by atoms with E-state index in [9.17, 15) is 4.79 Å². The number of benzene rings is 1. The average molecular weight is 340 g/mol. The van der Waals surface area contributed by atoms with Crippen LogP contribution < -0.4 is 5.56 Å². The van der Waals surface area contributed by atoms with Gasteiger partial charge in [-0.15, -0.1) is 5.10 Å². The third kappa shape index (κ3) is 2.17. The lowest BCUT2D eigenvalue weighted by atomic mass is 10.2. The van der Waals surface area contributed by atoms with E-state index in [0.29, 0.717) is 11.0 Å². The first kappa shape index (κ1) is 12.4. The van der Waals surface area contributed by atoms with Crippen molar-refractivity contribution in [2.24, 2.45) is 0 Å². The molecule has 1 N–H and O–H groups in total. The second kappa shape index (κ2) is 4.47. The Balaban J connectivity index is 2.26. The molecule has 0 spiro atoms. The highest BCUT2D eigenvalue weighted by Gasteiger charge is 2.10. The number of fused-ring (bicyclic) bond motifs is 1. The Bertz CT molecular complexity index is 839. The Morgan fingerprint density at radius 3 is 2.95 bits per heavy atom. The molecule has 2 aromatic heterocycles. The van der Waals surface area contributed by atoms with Crippen molar-refractivity contribution in [3.8, 4) is 5.69 Å². The van der Waals surface area contributed by atoms with Crippen molar-refractivity contribution in [2.45, 2.75) is 6.92 Å². The first-order chi connectivity index (χ1) is 9.04. The quantitative estimate of drug-likeness (QED) is 0.693. The number of hydrogen-bond acceptors (Lipinski definition) is 3. The molecule has 96 valence electrons. The number of aromatic nitrogens is 4. The van der Waals surface area contributed by atoms with E-state index in [1.165, 1.54) is 0 Å². The molecule has 0 saturated carbocycles. The van der Waals surface area contributed by atoms with Crippen LogP contribution in [0.25, 0.3) is 16.7 Å². The van der Waals surface area contributed by atoms with Crippen molar-refractivity contribution in [1.82, 2.24) is 19.7 Å². The predicted octanol–water partition coefficient (Wildman–Crippen LogP) is 2.83. The maximum atomic E-state index is 11.7. The topological polar surface area (TPSA) is 63.6 Å². The van der Waals surface area contributed by atoms with Gasteiger partial charge in [0.1, 0.15) is 5.39 Å². The standard InChI is InChI=1S/C12H8BrClN4O/c1-6-4-7(13)2-3-9(6)18-5-8-10(17-18)15-12(14)16-11(8)19/h2-5H,1H3,(H,15,16,17,19). The fourth-order valence-electron chi connectivity index (χ4n) is 1.89. The van der Waals surface area contributed by atoms with E-state index in [4.69, 9.17) is 11.6 Å². The van der Waals surface area contributed by atoms with Gasteiger partial charge in [-0.1, -0.05) is 15.9 Å². The van der Waals surface area contributed by atoms with Gasteiger partial charge in [-0.2, -0.15) is 4.98 Å². The van der Waals surface area contributed by atoms with Crippen LogP contribution in [0.2, 0.25) is 5.28 Å². The van der Waals surface area contributed by atoms with Gasteiger partial charge in [0.05, 0.1) is 5.69 Å². The van der Waals surface area contributed by atoms with Crippen molar-refractivity contribution >= 4 is 38.6 Å². The monoisotopic (exact) mass is 338 g/mol. The molecule has 0 saturated heterocycles. The molecular formula is C12H8BrClN4O. The highest BCUT2D eigenvalue weighted by molar-refractivity contribution is 9.10. The molecule has 0 unspecified atom stereocenters. The molecule has 7 heteroatoms. The molecule has 2 heterocycles. The summed E-state index contributed by atoms with van der Waals surface area (Å²) in [5.74, 6) is 0. The number of nitrogens with one attached hydrogen (secondary N) is 1. The summed E-state index contributed by atoms with van der Waals surface area (Å²) in [5.41, 5.74) is 1.95. The van der Waals surface area contributed by atoms with Gasteiger partial charge < -0.3 is 0 Å². The third-order valence-corrected chi connectivity index (χ3v) is 3.44. The molecule has 1 aromatic carbocycles. The Labute approximate surface area is 121 Å². The second-order valence-corrected chi connectivity index (χ2v) is 5.37. The van der Waals surface area contributed by atoms with E-state index < -0.39 is 0 Å². The van der Waals surface area contributed by atoms with Crippen LogP contribution in [-0.4, -0.2) is 19.7 Å². The molecule has 0 aliphatic heterocycles. The number of aromatic amines is 1. The maximum Gasteiger partial charge on any atom is 0.262 e. The second-order valence-electron chi connectivity index (χ2n) is 4.10. The highest BCUT2D eigenvalue weighted by atomic mass is 79.9. The van der Waals surface area contributed by atoms with Gasteiger partial charge in [0, 0.05) is 10.7 Å². The Hall–Kier alpha value is -1.66. The molecular weight excluding hydrogens is 332 g/mol. The van der Waals surface area contributed by atoms with Crippen molar-refractivity contribution in [3.05, 3.63) is 50.1 Å². The fourth-order valence-corrected chi connectivity index (χ4v) is 2.53. The molecule has 0 amide bonds. The largest absolute Gasteiger partial charge is 0.296 e. The highest BCUT2D eigenvalue weighted by Crippen LogP contribution is 2.20. The fraction of sp³-hybridized carbons (Fsp3) is 0.0833. The van der Waals surface area contributed by atoms with Crippen LogP contribution in [0.15, 0.2) is 33.7 Å². The van der Waals surface area contributed by atoms with Gasteiger partial charge in [0.15, 0.2) is 5.65 Å². The van der Waals surface area contributed by atoms with Crippen LogP contribution in [0, 0.1) is 6.92 Å². The lowest BCUT2D eigenvalue weighted by Gasteiger charge is -2.05. The lowest BCUT2D eigenvalue weighted by molar-refractivity contribution is 0.881. The zero-order valence-electron chi connectivity index (χ0n) is 9.82. The van der Waals surface area contributed by atoms with Crippen LogP contribution in [0.1, 0.15) is 5.56 Å². The minimum absolute atomic E-state index is 0.0373. The van der Waals surface area contributed by atoms with Gasteiger partial charge in [-0.3, -0.25) is 9.78 Å². The summed E-state index contributed by atoms with van der Waals surface area (Å²) < 4.78 is 2.62. The van der Waals surface area contributed by atoms with E-state index in [0.717, 1.165) is 15.7 Å². The molecule has 0 bridgehead atoms. The van der Waals surface area contributed by atoms with Crippen LogP contribution in [0.3, 0.4) is 0 Å². The van der Waals surface area contributed by atoms with E-state index in [-0.39, 0.29) is 10.8 Å². The molecule has 0 radical (unpaired) electrons. The minimum Gasteiger partial charge on any atom is -0.296 e. The van der Waals surface area contributed by atoms with Gasteiger partial charge in [-0.25, -0.2) is 4.68 Å². The molecule has 5 nitrogen and oxygen atoms in total. The summed E-state index contributed by atoms with van der Waals surface area (Å²) in [6, 6.07) is 5.81. The van der Waals surface area contributed by atoms with Crippen molar-refractivity contribution in [1.29, 1.82) is 0 Å². The number of halogens is 2. The molecule has 0 fully saturated rings. The summed E-state index contributed by atoms with van der Waals surface area (Å²) in [6.07, 6.45) is 1.65. The van der Waals surface area contributed by atoms with Crippen molar-refractivity contribution < 1.29 is 0 Å². The smallest absolute Gasteiger partial charge is 0.262 e. The summed E-state index contributed by atoms with van der Waals surface area (Å²) >= 11 is 9.12. The molecule has 0 aliphatic carbocycles.